The van der Waals surface area contributed by atoms with Crippen molar-refractivity contribution in [3.63, 3.8) is 0 Å². The lowest BCUT2D eigenvalue weighted by atomic mass is 9.95. The maximum Gasteiger partial charge on any atom is 0.409 e. The first-order chi connectivity index (χ1) is 12.6. The van der Waals surface area contributed by atoms with Gasteiger partial charge in [-0.25, -0.2) is 4.79 Å². The minimum Gasteiger partial charge on any atom is -0.450 e. The molecule has 7 heteroatoms. The smallest absolute Gasteiger partial charge is 0.409 e. The minimum absolute atomic E-state index is 0.0386. The molecule has 1 N–H and O–H groups in total. The Kier molecular flexibility index (Phi) is 6.38. The third kappa shape index (κ3) is 4.48. The molecule has 1 atom stereocenters. The fraction of sp³-hybridized carbons (Fsp3) is 0.842. The highest BCUT2D eigenvalue weighted by atomic mass is 16.6. The van der Waals surface area contributed by atoms with Gasteiger partial charge in [-0.15, -0.1) is 0 Å². The van der Waals surface area contributed by atoms with Gasteiger partial charge >= 0.3 is 6.09 Å². The first kappa shape index (κ1) is 19.0. The molecular weight excluding hydrogens is 334 g/mol. The Labute approximate surface area is 155 Å². The van der Waals surface area contributed by atoms with Crippen LogP contribution in [0.4, 0.5) is 4.79 Å². The SMILES string of the molecule is CCOC(=O)N1CCC(N2CC(C(=O)NC3CCCCC3)CC2=O)CC1. The van der Waals surface area contributed by atoms with E-state index in [0.717, 1.165) is 25.7 Å². The number of nitrogens with one attached hydrogen (secondary N) is 1. The highest BCUT2D eigenvalue weighted by molar-refractivity contribution is 5.89. The topological polar surface area (TPSA) is 79.0 Å². The van der Waals surface area contributed by atoms with E-state index in [-0.39, 0.29) is 35.9 Å². The third-order valence-corrected chi connectivity index (χ3v) is 5.91. The highest BCUT2D eigenvalue weighted by Gasteiger charge is 2.39. The summed E-state index contributed by atoms with van der Waals surface area (Å²) in [5.74, 6) is -0.118. The van der Waals surface area contributed by atoms with Gasteiger partial charge < -0.3 is 19.9 Å². The second-order valence-corrected chi connectivity index (χ2v) is 7.71. The summed E-state index contributed by atoms with van der Waals surface area (Å²) in [6.45, 7) is 3.90. The molecule has 1 unspecified atom stereocenters. The van der Waals surface area contributed by atoms with Crippen molar-refractivity contribution in [2.45, 2.75) is 70.4 Å². The van der Waals surface area contributed by atoms with E-state index in [4.69, 9.17) is 4.74 Å². The number of hydrogen-bond acceptors (Lipinski definition) is 4. The van der Waals surface area contributed by atoms with E-state index in [9.17, 15) is 14.4 Å². The third-order valence-electron chi connectivity index (χ3n) is 5.91. The maximum atomic E-state index is 12.5. The van der Waals surface area contributed by atoms with E-state index in [1.54, 1.807) is 11.8 Å². The molecule has 2 heterocycles. The van der Waals surface area contributed by atoms with Gasteiger partial charge in [-0.2, -0.15) is 0 Å². The second-order valence-electron chi connectivity index (χ2n) is 7.71. The zero-order valence-corrected chi connectivity index (χ0v) is 15.7. The van der Waals surface area contributed by atoms with E-state index < -0.39 is 0 Å². The lowest BCUT2D eigenvalue weighted by molar-refractivity contribution is -0.131. The van der Waals surface area contributed by atoms with Crippen molar-refractivity contribution < 1.29 is 19.1 Å². The molecule has 0 aromatic rings. The van der Waals surface area contributed by atoms with Gasteiger partial charge in [-0.1, -0.05) is 19.3 Å². The summed E-state index contributed by atoms with van der Waals surface area (Å²) < 4.78 is 5.04. The molecule has 146 valence electrons. The van der Waals surface area contributed by atoms with Crippen LogP contribution in [-0.4, -0.2) is 66.0 Å². The molecule has 26 heavy (non-hydrogen) atoms. The van der Waals surface area contributed by atoms with Gasteiger partial charge in [0.15, 0.2) is 0 Å². The highest BCUT2D eigenvalue weighted by Crippen LogP contribution is 2.27. The first-order valence-electron chi connectivity index (χ1n) is 10.1. The van der Waals surface area contributed by atoms with Gasteiger partial charge in [-0.3, -0.25) is 9.59 Å². The minimum atomic E-state index is -0.275. The predicted octanol–water partition coefficient (Wildman–Crippen LogP) is 1.90. The quantitative estimate of drug-likeness (QED) is 0.825. The van der Waals surface area contributed by atoms with Crippen LogP contribution in [0.1, 0.15) is 58.3 Å². The van der Waals surface area contributed by atoms with E-state index in [1.807, 2.05) is 4.90 Å². The van der Waals surface area contributed by atoms with Crippen molar-refractivity contribution in [1.29, 1.82) is 0 Å². The molecule has 0 spiro atoms. The summed E-state index contributed by atoms with van der Waals surface area (Å²) in [5.41, 5.74) is 0. The fourth-order valence-corrected chi connectivity index (χ4v) is 4.40. The Hall–Kier alpha value is -1.79. The number of ether oxygens (including phenoxy) is 1. The maximum absolute atomic E-state index is 12.5. The molecule has 2 saturated heterocycles. The molecule has 2 aliphatic heterocycles. The summed E-state index contributed by atoms with van der Waals surface area (Å²) in [6, 6.07) is 0.411. The van der Waals surface area contributed by atoms with Crippen LogP contribution in [0, 0.1) is 5.92 Å². The van der Waals surface area contributed by atoms with Gasteiger partial charge in [0.05, 0.1) is 12.5 Å². The van der Waals surface area contributed by atoms with Crippen molar-refractivity contribution in [3.05, 3.63) is 0 Å². The second kappa shape index (κ2) is 8.73. The van der Waals surface area contributed by atoms with Gasteiger partial charge in [0.25, 0.3) is 0 Å². The molecule has 3 amide bonds. The van der Waals surface area contributed by atoms with Gasteiger partial charge in [0.1, 0.15) is 0 Å². The Morgan fingerprint density at radius 2 is 1.81 bits per heavy atom. The zero-order chi connectivity index (χ0) is 18.5. The average molecular weight is 365 g/mol. The summed E-state index contributed by atoms with van der Waals surface area (Å²) >= 11 is 0. The molecule has 0 radical (unpaired) electrons. The van der Waals surface area contributed by atoms with Crippen LogP contribution in [0.2, 0.25) is 0 Å². The predicted molar refractivity (Wildman–Crippen MR) is 96.5 cm³/mol. The largest absolute Gasteiger partial charge is 0.450 e. The van der Waals surface area contributed by atoms with E-state index >= 15 is 0 Å². The number of carbonyl (C=O) groups excluding carboxylic acids is 3. The number of hydrogen-bond donors (Lipinski definition) is 1. The lowest BCUT2D eigenvalue weighted by Gasteiger charge is -2.36. The fourth-order valence-electron chi connectivity index (χ4n) is 4.40. The molecule has 1 saturated carbocycles. The summed E-state index contributed by atoms with van der Waals surface area (Å²) in [4.78, 5) is 40.3. The molecule has 3 fully saturated rings. The molecule has 3 aliphatic rings. The monoisotopic (exact) mass is 365 g/mol. The van der Waals surface area contributed by atoms with Crippen LogP contribution in [-0.2, 0) is 14.3 Å². The number of carbonyl (C=O) groups is 3. The zero-order valence-electron chi connectivity index (χ0n) is 15.7. The normalized spacial score (nSPS) is 25.4. The number of amides is 3. The van der Waals surface area contributed by atoms with Crippen LogP contribution in [0.3, 0.4) is 0 Å². The lowest BCUT2D eigenvalue weighted by Crippen LogP contribution is -2.48. The number of nitrogens with zero attached hydrogens (tertiary/aromatic N) is 2. The Balaban J connectivity index is 1.47. The average Bonchev–Trinajstić information content (AvgIpc) is 3.05. The van der Waals surface area contributed by atoms with Crippen LogP contribution < -0.4 is 5.32 Å². The molecule has 3 rings (SSSR count). The number of likely N-dealkylation sites (tertiary alicyclic amines) is 2. The van der Waals surface area contributed by atoms with Gasteiger partial charge in [-0.05, 0) is 32.6 Å². The molecule has 0 bridgehead atoms. The van der Waals surface area contributed by atoms with Crippen LogP contribution >= 0.6 is 0 Å². The van der Waals surface area contributed by atoms with Crippen LogP contribution in [0.15, 0.2) is 0 Å². The Morgan fingerprint density at radius 3 is 2.46 bits per heavy atom. The van der Waals surface area contributed by atoms with Crippen molar-refractivity contribution in [2.75, 3.05) is 26.2 Å². The van der Waals surface area contributed by atoms with Crippen molar-refractivity contribution in [1.82, 2.24) is 15.1 Å². The van der Waals surface area contributed by atoms with Crippen LogP contribution in [0.25, 0.3) is 0 Å². The standard InChI is InChI=1S/C19H31N3O4/c1-2-26-19(25)21-10-8-16(9-11-21)22-13-14(12-17(22)23)18(24)20-15-6-4-3-5-7-15/h14-16H,2-13H2,1H3,(H,20,24). The summed E-state index contributed by atoms with van der Waals surface area (Å²) in [6.07, 6.45) is 7.28. The van der Waals surface area contributed by atoms with E-state index in [1.165, 1.54) is 19.3 Å². The summed E-state index contributed by atoms with van der Waals surface area (Å²) in [5, 5.41) is 3.15. The van der Waals surface area contributed by atoms with E-state index in [2.05, 4.69) is 5.32 Å². The van der Waals surface area contributed by atoms with Crippen molar-refractivity contribution >= 4 is 17.9 Å². The molecule has 0 aromatic carbocycles. The number of piperidine rings is 1. The molecule has 0 aromatic heterocycles. The Bertz CT molecular complexity index is 525. The van der Waals surface area contributed by atoms with Gasteiger partial charge in [0.2, 0.25) is 11.8 Å². The molecular formula is C19H31N3O4. The van der Waals surface area contributed by atoms with Crippen molar-refractivity contribution in [3.8, 4) is 0 Å². The van der Waals surface area contributed by atoms with Crippen molar-refractivity contribution in [2.24, 2.45) is 5.92 Å². The van der Waals surface area contributed by atoms with Gasteiger partial charge in [0, 0.05) is 38.1 Å². The first-order valence-corrected chi connectivity index (χ1v) is 10.1. The molecule has 7 nitrogen and oxygen atoms in total. The van der Waals surface area contributed by atoms with E-state index in [0.29, 0.717) is 32.7 Å². The summed E-state index contributed by atoms with van der Waals surface area (Å²) in [7, 11) is 0. The Morgan fingerprint density at radius 1 is 1.12 bits per heavy atom. The number of rotatable bonds is 4. The molecule has 1 aliphatic carbocycles. The van der Waals surface area contributed by atoms with Crippen LogP contribution in [0.5, 0.6) is 0 Å².